The minimum atomic E-state index is -0.666. The van der Waals surface area contributed by atoms with Crippen molar-refractivity contribution in [1.29, 1.82) is 0 Å². The summed E-state index contributed by atoms with van der Waals surface area (Å²) in [4.78, 5) is 39.2. The average molecular weight is 573 g/mol. The first-order valence-corrected chi connectivity index (χ1v) is 15.5. The van der Waals surface area contributed by atoms with E-state index in [0.717, 1.165) is 53.9 Å². The highest BCUT2D eigenvalue weighted by molar-refractivity contribution is 5.90. The van der Waals surface area contributed by atoms with Gasteiger partial charge in [0.25, 0.3) is 0 Å². The highest BCUT2D eigenvalue weighted by atomic mass is 16.3. The molecule has 3 aromatic rings. The number of carbonyl (C=O) groups excluding carboxylic acids is 1. The molecular weight excluding hydrogens is 532 g/mol. The van der Waals surface area contributed by atoms with Gasteiger partial charge in [-0.05, 0) is 69.7 Å². The van der Waals surface area contributed by atoms with Crippen LogP contribution < -0.4 is 10.2 Å². The fourth-order valence-corrected chi connectivity index (χ4v) is 7.40. The second-order valence-electron chi connectivity index (χ2n) is 12.3. The molecule has 42 heavy (non-hydrogen) atoms. The van der Waals surface area contributed by atoms with Gasteiger partial charge in [-0.2, -0.15) is 0 Å². The van der Waals surface area contributed by atoms with Crippen LogP contribution in [0.5, 0.6) is 0 Å². The van der Waals surface area contributed by atoms with Crippen LogP contribution in [0.25, 0.3) is 10.9 Å². The Bertz CT molecular complexity index is 1460. The molecule has 3 N–H and O–H groups in total. The van der Waals surface area contributed by atoms with Crippen molar-refractivity contribution in [2.24, 2.45) is 5.92 Å². The number of likely N-dealkylation sites (tertiary alicyclic amines) is 1. The molecule has 11 nitrogen and oxygen atoms in total. The van der Waals surface area contributed by atoms with Gasteiger partial charge in [-0.3, -0.25) is 4.79 Å². The van der Waals surface area contributed by atoms with Gasteiger partial charge in [-0.25, -0.2) is 19.9 Å². The van der Waals surface area contributed by atoms with Crippen LogP contribution in [0.3, 0.4) is 0 Å². The molecule has 1 amide bonds. The van der Waals surface area contributed by atoms with Crippen molar-refractivity contribution < 1.29 is 15.0 Å². The first-order valence-electron chi connectivity index (χ1n) is 15.5. The van der Waals surface area contributed by atoms with Crippen LogP contribution in [-0.2, 0) is 17.8 Å². The van der Waals surface area contributed by atoms with Gasteiger partial charge in [-0.1, -0.05) is 6.07 Å². The third-order valence-corrected chi connectivity index (χ3v) is 9.56. The molecule has 0 radical (unpaired) electrons. The summed E-state index contributed by atoms with van der Waals surface area (Å²) in [5.74, 6) is 2.20. The van der Waals surface area contributed by atoms with Gasteiger partial charge < -0.3 is 30.2 Å². The number of piperidine rings is 1. The number of anilines is 3. The van der Waals surface area contributed by atoms with E-state index >= 15 is 0 Å². The standard InChI is InChI=1S/C31H40N8O3/c1-19(41)26-15-22-16-32-31(36-28(22)29(34-26)39-23-5-6-24(39)8-7-23)35-27-9-4-20-18-38(12-10-25(20)33-27)30(42)21-3-2-11-37(17-21)13-14-40/h4,9,15-16,19,21,23-24,40-41H,2-3,5-8,10-14,17-18H2,1H3,(H,32,33,35,36)/t19-,21-,23?,24?/m1/s1. The molecule has 7 heterocycles. The van der Waals surface area contributed by atoms with Gasteiger partial charge in [0.2, 0.25) is 11.9 Å². The fourth-order valence-electron chi connectivity index (χ4n) is 7.40. The summed E-state index contributed by atoms with van der Waals surface area (Å²) in [7, 11) is 0. The number of nitrogens with zero attached hydrogens (tertiary/aromatic N) is 7. The zero-order valence-electron chi connectivity index (χ0n) is 24.2. The van der Waals surface area contributed by atoms with Crippen LogP contribution in [-0.4, -0.2) is 90.7 Å². The van der Waals surface area contributed by atoms with Crippen LogP contribution in [0.2, 0.25) is 0 Å². The molecule has 11 heteroatoms. The molecule has 0 saturated carbocycles. The van der Waals surface area contributed by atoms with Crippen molar-refractivity contribution in [1.82, 2.24) is 29.7 Å². The Balaban J connectivity index is 1.09. The second-order valence-corrected chi connectivity index (χ2v) is 12.3. The maximum absolute atomic E-state index is 13.3. The molecule has 4 aliphatic heterocycles. The van der Waals surface area contributed by atoms with Gasteiger partial charge in [0.05, 0.1) is 24.3 Å². The highest BCUT2D eigenvalue weighted by Gasteiger charge is 2.41. The summed E-state index contributed by atoms with van der Waals surface area (Å²) >= 11 is 0. The van der Waals surface area contributed by atoms with E-state index in [2.05, 4.69) is 20.1 Å². The zero-order valence-corrected chi connectivity index (χ0v) is 24.2. The molecule has 3 aromatic heterocycles. The largest absolute Gasteiger partial charge is 0.395 e. The van der Waals surface area contributed by atoms with E-state index in [1.165, 1.54) is 25.7 Å². The van der Waals surface area contributed by atoms with Crippen molar-refractivity contribution in [3.05, 3.63) is 41.3 Å². The predicted octanol–water partition coefficient (Wildman–Crippen LogP) is 2.94. The minimum absolute atomic E-state index is 0.00222. The Labute approximate surface area is 246 Å². The van der Waals surface area contributed by atoms with Crippen LogP contribution in [0, 0.1) is 5.92 Å². The Morgan fingerprint density at radius 2 is 1.90 bits per heavy atom. The molecule has 2 bridgehead atoms. The lowest BCUT2D eigenvalue weighted by atomic mass is 9.95. The molecule has 0 unspecified atom stereocenters. The molecule has 4 aliphatic rings. The summed E-state index contributed by atoms with van der Waals surface area (Å²) in [5, 5.41) is 23.8. The Morgan fingerprint density at radius 3 is 2.67 bits per heavy atom. The second kappa shape index (κ2) is 11.3. The number of hydrogen-bond donors (Lipinski definition) is 3. The van der Waals surface area contributed by atoms with Crippen LogP contribution in [0.1, 0.15) is 68.5 Å². The SMILES string of the molecule is C[C@@H](O)c1cc2cnc(Nc3ccc4c(n3)CCN(C(=O)[C@@H]3CCCN(CCO)C3)C4)nc2c(N2C3CCC2CC3)n1. The van der Waals surface area contributed by atoms with Crippen molar-refractivity contribution in [3.8, 4) is 0 Å². The number of nitrogens with one attached hydrogen (secondary N) is 1. The first-order chi connectivity index (χ1) is 20.5. The molecule has 0 aromatic carbocycles. The maximum Gasteiger partial charge on any atom is 0.229 e. The van der Waals surface area contributed by atoms with Gasteiger partial charge >= 0.3 is 0 Å². The van der Waals surface area contributed by atoms with E-state index in [0.29, 0.717) is 55.6 Å². The average Bonchev–Trinajstić information content (AvgIpc) is 3.61. The van der Waals surface area contributed by atoms with Gasteiger partial charge in [-0.15, -0.1) is 0 Å². The Kier molecular flexibility index (Phi) is 7.41. The summed E-state index contributed by atoms with van der Waals surface area (Å²) in [6, 6.07) is 6.82. The van der Waals surface area contributed by atoms with Gasteiger partial charge in [0, 0.05) is 62.0 Å². The van der Waals surface area contributed by atoms with Crippen molar-refractivity contribution >= 4 is 34.4 Å². The normalized spacial score (nSPS) is 24.7. The third kappa shape index (κ3) is 5.18. The monoisotopic (exact) mass is 572 g/mol. The molecular formula is C31H40N8O3. The Morgan fingerprint density at radius 1 is 1.10 bits per heavy atom. The van der Waals surface area contributed by atoms with E-state index in [1.807, 2.05) is 23.1 Å². The lowest BCUT2D eigenvalue weighted by molar-refractivity contribution is -0.138. The number of carbonyl (C=O) groups is 1. The number of pyridine rings is 2. The van der Waals surface area contributed by atoms with E-state index in [1.54, 1.807) is 13.1 Å². The number of aromatic nitrogens is 4. The van der Waals surface area contributed by atoms with Crippen LogP contribution in [0.4, 0.5) is 17.6 Å². The number of hydrogen-bond acceptors (Lipinski definition) is 10. The third-order valence-electron chi connectivity index (χ3n) is 9.56. The van der Waals surface area contributed by atoms with Gasteiger partial charge in [0.15, 0.2) is 5.82 Å². The number of amides is 1. The Hall–Kier alpha value is -3.41. The van der Waals surface area contributed by atoms with Crippen LogP contribution in [0.15, 0.2) is 24.4 Å². The number of fused-ring (bicyclic) bond motifs is 4. The quantitative estimate of drug-likeness (QED) is 0.388. The molecule has 3 saturated heterocycles. The summed E-state index contributed by atoms with van der Waals surface area (Å²) in [5.41, 5.74) is 3.50. The first kappa shape index (κ1) is 27.4. The summed E-state index contributed by atoms with van der Waals surface area (Å²) in [6.07, 6.45) is 8.44. The van der Waals surface area contributed by atoms with Crippen molar-refractivity contribution in [2.45, 2.75) is 76.6 Å². The highest BCUT2D eigenvalue weighted by Crippen LogP contribution is 2.42. The number of aliphatic hydroxyl groups is 2. The van der Waals surface area contributed by atoms with Crippen LogP contribution >= 0.6 is 0 Å². The molecule has 3 fully saturated rings. The topological polar surface area (TPSA) is 131 Å². The van der Waals surface area contributed by atoms with E-state index in [-0.39, 0.29) is 18.4 Å². The number of rotatable bonds is 7. The number of β-amino-alcohol motifs (C(OH)–C–C–N with tert-alkyl or cyclic N) is 1. The molecule has 0 spiro atoms. The van der Waals surface area contributed by atoms with Gasteiger partial charge in [0.1, 0.15) is 11.3 Å². The van der Waals surface area contributed by atoms with E-state index in [9.17, 15) is 15.0 Å². The predicted molar refractivity (Wildman–Crippen MR) is 159 cm³/mol. The summed E-state index contributed by atoms with van der Waals surface area (Å²) in [6.45, 7) is 5.42. The fraction of sp³-hybridized carbons (Fsp3) is 0.581. The van der Waals surface area contributed by atoms with Crippen molar-refractivity contribution in [2.75, 3.05) is 43.0 Å². The molecule has 222 valence electrons. The lowest BCUT2D eigenvalue weighted by Gasteiger charge is -2.36. The van der Waals surface area contributed by atoms with Crippen molar-refractivity contribution in [3.63, 3.8) is 0 Å². The van der Waals surface area contributed by atoms with E-state index < -0.39 is 6.10 Å². The summed E-state index contributed by atoms with van der Waals surface area (Å²) < 4.78 is 0. The zero-order chi connectivity index (χ0) is 28.8. The molecule has 0 aliphatic carbocycles. The molecule has 2 atom stereocenters. The minimum Gasteiger partial charge on any atom is -0.395 e. The van der Waals surface area contributed by atoms with E-state index in [4.69, 9.17) is 15.0 Å². The molecule has 7 rings (SSSR count). The lowest BCUT2D eigenvalue weighted by Crippen LogP contribution is -2.46. The smallest absolute Gasteiger partial charge is 0.229 e. The number of aliphatic hydroxyl groups excluding tert-OH is 2. The maximum atomic E-state index is 13.3.